The van der Waals surface area contributed by atoms with Gasteiger partial charge < -0.3 is 15.7 Å². The fraction of sp³-hybridized carbons (Fsp3) is 0.364. The van der Waals surface area contributed by atoms with Crippen LogP contribution < -0.4 is 10.6 Å². The number of rotatable bonds is 3. The molecule has 0 aromatic carbocycles. The Bertz CT molecular complexity index is 430. The van der Waals surface area contributed by atoms with Crippen molar-refractivity contribution in [2.45, 2.75) is 18.9 Å². The second kappa shape index (κ2) is 4.82. The number of anilines is 1. The molecule has 6 heteroatoms. The summed E-state index contributed by atoms with van der Waals surface area (Å²) in [6.07, 6.45) is 3.13. The van der Waals surface area contributed by atoms with Crippen molar-refractivity contribution in [1.29, 1.82) is 0 Å². The Balaban J connectivity index is 2.03. The van der Waals surface area contributed by atoms with Crippen molar-refractivity contribution in [2.75, 3.05) is 11.9 Å². The monoisotopic (exact) mass is 235 g/mol. The first-order chi connectivity index (χ1) is 8.16. The number of carbonyl (C=O) groups is 2. The van der Waals surface area contributed by atoms with Gasteiger partial charge in [-0.1, -0.05) is 0 Å². The van der Waals surface area contributed by atoms with Gasteiger partial charge in [0.25, 0.3) is 0 Å². The number of aromatic carboxylic acids is 1. The van der Waals surface area contributed by atoms with Crippen molar-refractivity contribution in [3.05, 3.63) is 24.0 Å². The molecule has 1 aromatic rings. The van der Waals surface area contributed by atoms with E-state index < -0.39 is 5.97 Å². The molecule has 2 heterocycles. The molecule has 1 atom stereocenters. The molecule has 1 aliphatic rings. The Morgan fingerprint density at radius 1 is 1.53 bits per heavy atom. The van der Waals surface area contributed by atoms with E-state index in [1.165, 1.54) is 12.3 Å². The number of piperidine rings is 1. The molecule has 0 spiro atoms. The Kier molecular flexibility index (Phi) is 3.22. The van der Waals surface area contributed by atoms with E-state index in [1.807, 2.05) is 0 Å². The van der Waals surface area contributed by atoms with Crippen molar-refractivity contribution in [3.8, 4) is 0 Å². The highest BCUT2D eigenvalue weighted by molar-refractivity contribution is 5.86. The molecule has 90 valence electrons. The molecule has 0 radical (unpaired) electrons. The lowest BCUT2D eigenvalue weighted by Crippen LogP contribution is -2.44. The number of hydrogen-bond donors (Lipinski definition) is 3. The van der Waals surface area contributed by atoms with Crippen LogP contribution in [0.2, 0.25) is 0 Å². The van der Waals surface area contributed by atoms with E-state index in [0.29, 0.717) is 12.2 Å². The maximum Gasteiger partial charge on any atom is 0.354 e. The van der Waals surface area contributed by atoms with Crippen molar-refractivity contribution in [1.82, 2.24) is 10.3 Å². The van der Waals surface area contributed by atoms with Crippen LogP contribution in [0, 0.1) is 0 Å². The van der Waals surface area contributed by atoms with Crippen molar-refractivity contribution >= 4 is 17.6 Å². The van der Waals surface area contributed by atoms with Gasteiger partial charge in [0.2, 0.25) is 5.91 Å². The van der Waals surface area contributed by atoms with Crippen LogP contribution in [-0.2, 0) is 4.79 Å². The lowest BCUT2D eigenvalue weighted by molar-refractivity contribution is -0.123. The summed E-state index contributed by atoms with van der Waals surface area (Å²) in [6.45, 7) is 0.715. The molecule has 1 amide bonds. The molecule has 6 nitrogen and oxygen atoms in total. The second-order valence-electron chi connectivity index (χ2n) is 3.87. The predicted octanol–water partition coefficient (Wildman–Crippen LogP) is 0.470. The van der Waals surface area contributed by atoms with Crippen LogP contribution in [0.4, 0.5) is 5.69 Å². The fourth-order valence-corrected chi connectivity index (χ4v) is 1.72. The highest BCUT2D eigenvalue weighted by atomic mass is 16.4. The lowest BCUT2D eigenvalue weighted by atomic mass is 10.1. The largest absolute Gasteiger partial charge is 0.477 e. The van der Waals surface area contributed by atoms with Gasteiger partial charge in [0.1, 0.15) is 11.7 Å². The van der Waals surface area contributed by atoms with Crippen LogP contribution >= 0.6 is 0 Å². The number of nitrogens with zero attached hydrogens (tertiary/aromatic N) is 1. The molecule has 0 bridgehead atoms. The third-order valence-corrected chi connectivity index (χ3v) is 2.61. The number of hydrogen-bond acceptors (Lipinski definition) is 4. The average molecular weight is 235 g/mol. The first kappa shape index (κ1) is 11.4. The molecule has 17 heavy (non-hydrogen) atoms. The zero-order valence-corrected chi connectivity index (χ0v) is 9.14. The minimum atomic E-state index is -1.06. The van der Waals surface area contributed by atoms with Gasteiger partial charge in [0.05, 0.1) is 11.9 Å². The molecule has 1 aliphatic heterocycles. The summed E-state index contributed by atoms with van der Waals surface area (Å²) in [5.74, 6) is -1.09. The van der Waals surface area contributed by atoms with E-state index in [-0.39, 0.29) is 17.6 Å². The van der Waals surface area contributed by atoms with Crippen LogP contribution in [0.25, 0.3) is 0 Å². The number of aromatic nitrogens is 1. The van der Waals surface area contributed by atoms with Crippen molar-refractivity contribution in [3.63, 3.8) is 0 Å². The Hall–Kier alpha value is -2.11. The minimum absolute atomic E-state index is 0.0105. The van der Waals surface area contributed by atoms with Gasteiger partial charge >= 0.3 is 5.97 Å². The van der Waals surface area contributed by atoms with E-state index in [0.717, 1.165) is 12.8 Å². The van der Waals surface area contributed by atoms with Crippen LogP contribution in [0.3, 0.4) is 0 Å². The van der Waals surface area contributed by atoms with Crippen LogP contribution in [0.15, 0.2) is 18.3 Å². The molecule has 3 N–H and O–H groups in total. The van der Waals surface area contributed by atoms with Crippen LogP contribution in [-0.4, -0.2) is 34.6 Å². The normalized spacial score (nSPS) is 19.5. The van der Waals surface area contributed by atoms with Gasteiger partial charge in [0, 0.05) is 6.54 Å². The van der Waals surface area contributed by atoms with E-state index in [4.69, 9.17) is 5.11 Å². The molecule has 2 rings (SSSR count). The van der Waals surface area contributed by atoms with E-state index in [9.17, 15) is 9.59 Å². The van der Waals surface area contributed by atoms with E-state index in [1.54, 1.807) is 6.07 Å². The standard InChI is InChI=1S/C11H13N3O3/c15-10-8(2-1-5-12-10)14-7-3-4-9(11(16)17)13-6-7/h3-4,6,8,14H,1-2,5H2,(H,12,15)(H,16,17). The summed E-state index contributed by atoms with van der Waals surface area (Å²) >= 11 is 0. The van der Waals surface area contributed by atoms with E-state index >= 15 is 0 Å². The second-order valence-corrected chi connectivity index (χ2v) is 3.87. The molecule has 1 fully saturated rings. The molecule has 0 saturated carbocycles. The first-order valence-corrected chi connectivity index (χ1v) is 5.40. The third kappa shape index (κ3) is 2.72. The van der Waals surface area contributed by atoms with Gasteiger partial charge in [-0.2, -0.15) is 0 Å². The van der Waals surface area contributed by atoms with Crippen LogP contribution in [0.5, 0.6) is 0 Å². The molecule has 1 saturated heterocycles. The summed E-state index contributed by atoms with van der Waals surface area (Å²) < 4.78 is 0. The molecule has 1 aromatic heterocycles. The molecular weight excluding hydrogens is 222 g/mol. The first-order valence-electron chi connectivity index (χ1n) is 5.40. The topological polar surface area (TPSA) is 91.3 Å². The summed E-state index contributed by atoms with van der Waals surface area (Å²) in [4.78, 5) is 25.9. The smallest absolute Gasteiger partial charge is 0.354 e. The zero-order chi connectivity index (χ0) is 12.3. The Labute approximate surface area is 98.1 Å². The average Bonchev–Trinajstić information content (AvgIpc) is 2.33. The minimum Gasteiger partial charge on any atom is -0.477 e. The maximum absolute atomic E-state index is 11.5. The Morgan fingerprint density at radius 2 is 2.35 bits per heavy atom. The molecule has 1 unspecified atom stereocenters. The number of nitrogens with one attached hydrogen (secondary N) is 2. The number of carboxylic acid groups (broad SMARTS) is 1. The quantitative estimate of drug-likeness (QED) is 0.708. The Morgan fingerprint density at radius 3 is 2.94 bits per heavy atom. The highest BCUT2D eigenvalue weighted by Gasteiger charge is 2.21. The maximum atomic E-state index is 11.5. The predicted molar refractivity (Wildman–Crippen MR) is 60.9 cm³/mol. The summed E-state index contributed by atoms with van der Waals surface area (Å²) in [5, 5.41) is 14.5. The summed E-state index contributed by atoms with van der Waals surface area (Å²) in [5.41, 5.74) is 0.640. The summed E-state index contributed by atoms with van der Waals surface area (Å²) in [7, 11) is 0. The number of amides is 1. The van der Waals surface area contributed by atoms with Gasteiger partial charge in [0.15, 0.2) is 0 Å². The summed E-state index contributed by atoms with van der Waals surface area (Å²) in [6, 6.07) is 2.75. The van der Waals surface area contributed by atoms with Gasteiger partial charge in [-0.05, 0) is 25.0 Å². The van der Waals surface area contributed by atoms with Gasteiger partial charge in [-0.25, -0.2) is 9.78 Å². The van der Waals surface area contributed by atoms with Gasteiger partial charge in [-0.15, -0.1) is 0 Å². The molecule has 0 aliphatic carbocycles. The fourth-order valence-electron chi connectivity index (χ4n) is 1.72. The van der Waals surface area contributed by atoms with Crippen LogP contribution in [0.1, 0.15) is 23.3 Å². The lowest BCUT2D eigenvalue weighted by Gasteiger charge is -2.23. The third-order valence-electron chi connectivity index (χ3n) is 2.61. The number of pyridine rings is 1. The van der Waals surface area contributed by atoms with E-state index in [2.05, 4.69) is 15.6 Å². The zero-order valence-electron chi connectivity index (χ0n) is 9.14. The SMILES string of the molecule is O=C(O)c1ccc(NC2CCCNC2=O)cn1. The van der Waals surface area contributed by atoms with Crippen molar-refractivity contribution < 1.29 is 14.7 Å². The van der Waals surface area contributed by atoms with Crippen molar-refractivity contribution in [2.24, 2.45) is 0 Å². The highest BCUT2D eigenvalue weighted by Crippen LogP contribution is 2.12. The number of carbonyl (C=O) groups excluding carboxylic acids is 1. The number of carboxylic acids is 1. The van der Waals surface area contributed by atoms with Gasteiger partial charge in [-0.3, -0.25) is 4.79 Å². The molecular formula is C11H13N3O3.